The molecular formula is C13H22N4OS2. The summed E-state index contributed by atoms with van der Waals surface area (Å²) >= 11 is 6.84. The van der Waals surface area contributed by atoms with Crippen LogP contribution in [0, 0.1) is 4.77 Å². The number of piperidine rings is 1. The average Bonchev–Trinajstić information content (AvgIpc) is 2.86. The highest BCUT2D eigenvalue weighted by Gasteiger charge is 2.29. The van der Waals surface area contributed by atoms with Crippen molar-refractivity contribution in [3.8, 4) is 0 Å². The standard InChI is InChI=1S/C13H22N4OS2/c1-4-17-11(14-15-13(17)19)10-6-5-7-16(8-10)12(18)9(2)20-3/h9-10H,4-8H2,1-3H3,(H,15,19)/t9-,10+/m1/s1. The Bertz CT molecular complexity index is 525. The van der Waals surface area contributed by atoms with Crippen LogP contribution in [-0.4, -0.2) is 50.2 Å². The fourth-order valence-corrected chi connectivity index (χ4v) is 3.31. The van der Waals surface area contributed by atoms with Gasteiger partial charge in [-0.2, -0.15) is 16.9 Å². The first-order chi connectivity index (χ1) is 9.58. The van der Waals surface area contributed by atoms with Crippen LogP contribution in [0.5, 0.6) is 0 Å². The lowest BCUT2D eigenvalue weighted by molar-refractivity contribution is -0.131. The van der Waals surface area contributed by atoms with Gasteiger partial charge in [0.2, 0.25) is 5.91 Å². The first-order valence-corrected chi connectivity index (χ1v) is 8.74. The molecule has 1 aromatic heterocycles. The molecule has 1 N–H and O–H groups in total. The third-order valence-electron chi connectivity index (χ3n) is 3.90. The summed E-state index contributed by atoms with van der Waals surface area (Å²) in [7, 11) is 0. The maximum Gasteiger partial charge on any atom is 0.235 e. The smallest absolute Gasteiger partial charge is 0.235 e. The number of thioether (sulfide) groups is 1. The fraction of sp³-hybridized carbons (Fsp3) is 0.769. The van der Waals surface area contributed by atoms with Crippen LogP contribution in [0.1, 0.15) is 38.4 Å². The lowest BCUT2D eigenvalue weighted by atomic mass is 9.97. The van der Waals surface area contributed by atoms with Gasteiger partial charge in [-0.3, -0.25) is 9.89 Å². The molecule has 7 heteroatoms. The third-order valence-corrected chi connectivity index (χ3v) is 5.12. The number of carbonyl (C=O) groups excluding carboxylic acids is 1. The van der Waals surface area contributed by atoms with Crippen molar-refractivity contribution < 1.29 is 4.79 Å². The SMILES string of the molecule is CCn1c([C@H]2CCCN(C(=O)[C@@H](C)SC)C2)n[nH]c1=S. The Kier molecular flexibility index (Phi) is 5.26. The molecule has 1 saturated heterocycles. The molecule has 1 aliphatic heterocycles. The van der Waals surface area contributed by atoms with E-state index in [2.05, 4.69) is 17.1 Å². The minimum atomic E-state index is 0.0285. The fourth-order valence-electron chi connectivity index (χ4n) is 2.69. The molecule has 0 aliphatic carbocycles. The highest BCUT2D eigenvalue weighted by molar-refractivity contribution is 7.99. The van der Waals surface area contributed by atoms with Gasteiger partial charge in [-0.25, -0.2) is 0 Å². The first kappa shape index (κ1) is 15.6. The minimum Gasteiger partial charge on any atom is -0.341 e. The molecule has 2 rings (SSSR count). The quantitative estimate of drug-likeness (QED) is 0.867. The van der Waals surface area contributed by atoms with Gasteiger partial charge in [0.25, 0.3) is 0 Å². The summed E-state index contributed by atoms with van der Waals surface area (Å²) in [5.74, 6) is 1.51. The lowest BCUT2D eigenvalue weighted by Crippen LogP contribution is -2.43. The highest BCUT2D eigenvalue weighted by Crippen LogP contribution is 2.27. The summed E-state index contributed by atoms with van der Waals surface area (Å²) in [6.45, 7) is 6.46. The number of hydrogen-bond donors (Lipinski definition) is 1. The summed E-state index contributed by atoms with van der Waals surface area (Å²) in [5, 5.41) is 7.27. The number of nitrogens with one attached hydrogen (secondary N) is 1. The van der Waals surface area contributed by atoms with Crippen molar-refractivity contribution >= 4 is 29.9 Å². The monoisotopic (exact) mass is 314 g/mol. The zero-order valence-electron chi connectivity index (χ0n) is 12.3. The molecule has 0 spiro atoms. The molecule has 20 heavy (non-hydrogen) atoms. The summed E-state index contributed by atoms with van der Waals surface area (Å²) < 4.78 is 2.70. The molecule has 0 bridgehead atoms. The van der Waals surface area contributed by atoms with Crippen molar-refractivity contribution in [3.05, 3.63) is 10.6 Å². The summed E-state index contributed by atoms with van der Waals surface area (Å²) in [6.07, 6.45) is 4.07. The van der Waals surface area contributed by atoms with Crippen LogP contribution in [-0.2, 0) is 11.3 Å². The Morgan fingerprint density at radius 3 is 3.05 bits per heavy atom. The van der Waals surface area contributed by atoms with Crippen molar-refractivity contribution in [2.45, 2.75) is 44.4 Å². The van der Waals surface area contributed by atoms with E-state index in [1.165, 1.54) is 0 Å². The van der Waals surface area contributed by atoms with Gasteiger partial charge >= 0.3 is 0 Å². The third kappa shape index (κ3) is 3.09. The predicted molar refractivity (Wildman–Crippen MR) is 84.6 cm³/mol. The number of rotatable bonds is 4. The second kappa shape index (κ2) is 6.76. The first-order valence-electron chi connectivity index (χ1n) is 7.05. The second-order valence-electron chi connectivity index (χ2n) is 5.13. The molecule has 2 atom stereocenters. The molecule has 0 unspecified atom stereocenters. The zero-order chi connectivity index (χ0) is 14.7. The van der Waals surface area contributed by atoms with Crippen LogP contribution < -0.4 is 0 Å². The van der Waals surface area contributed by atoms with E-state index in [9.17, 15) is 4.79 Å². The van der Waals surface area contributed by atoms with Crippen LogP contribution in [0.25, 0.3) is 0 Å². The van der Waals surface area contributed by atoms with Crippen LogP contribution in [0.15, 0.2) is 0 Å². The Morgan fingerprint density at radius 2 is 2.40 bits per heavy atom. The summed E-state index contributed by atoms with van der Waals surface area (Å²) in [6, 6.07) is 0. The van der Waals surface area contributed by atoms with Gasteiger partial charge in [0.1, 0.15) is 5.82 Å². The Morgan fingerprint density at radius 1 is 1.65 bits per heavy atom. The number of aromatic nitrogens is 3. The molecular weight excluding hydrogens is 292 g/mol. The van der Waals surface area contributed by atoms with E-state index >= 15 is 0 Å². The van der Waals surface area contributed by atoms with Gasteiger partial charge in [-0.15, -0.1) is 0 Å². The number of amides is 1. The van der Waals surface area contributed by atoms with E-state index in [4.69, 9.17) is 12.2 Å². The topological polar surface area (TPSA) is 53.9 Å². The molecule has 1 fully saturated rings. The largest absolute Gasteiger partial charge is 0.341 e. The molecule has 0 radical (unpaired) electrons. The molecule has 0 aromatic carbocycles. The van der Waals surface area contributed by atoms with Gasteiger partial charge in [0.15, 0.2) is 4.77 Å². The van der Waals surface area contributed by atoms with Crippen molar-refractivity contribution in [1.29, 1.82) is 0 Å². The average molecular weight is 314 g/mol. The van der Waals surface area contributed by atoms with Crippen molar-refractivity contribution in [2.75, 3.05) is 19.3 Å². The molecule has 2 heterocycles. The normalized spacial score (nSPS) is 20.9. The van der Waals surface area contributed by atoms with Crippen molar-refractivity contribution in [3.63, 3.8) is 0 Å². The van der Waals surface area contributed by atoms with Gasteiger partial charge in [0.05, 0.1) is 5.25 Å². The molecule has 112 valence electrons. The number of H-pyrrole nitrogens is 1. The van der Waals surface area contributed by atoms with Gasteiger partial charge < -0.3 is 9.47 Å². The van der Waals surface area contributed by atoms with Crippen LogP contribution in [0.3, 0.4) is 0 Å². The second-order valence-corrected chi connectivity index (χ2v) is 6.70. The van der Waals surface area contributed by atoms with Crippen LogP contribution in [0.4, 0.5) is 0 Å². The van der Waals surface area contributed by atoms with E-state index in [1.807, 2.05) is 22.6 Å². The number of aromatic amines is 1. The number of likely N-dealkylation sites (tertiary alicyclic amines) is 1. The Balaban J connectivity index is 2.14. The molecule has 1 aromatic rings. The maximum absolute atomic E-state index is 12.3. The lowest BCUT2D eigenvalue weighted by Gasteiger charge is -2.33. The van der Waals surface area contributed by atoms with Crippen LogP contribution in [0.2, 0.25) is 0 Å². The van der Waals surface area contributed by atoms with E-state index in [1.54, 1.807) is 11.8 Å². The van der Waals surface area contributed by atoms with E-state index in [-0.39, 0.29) is 17.1 Å². The van der Waals surface area contributed by atoms with Crippen LogP contribution >= 0.6 is 24.0 Å². The number of hydrogen-bond acceptors (Lipinski definition) is 4. The number of nitrogens with zero attached hydrogens (tertiary/aromatic N) is 3. The summed E-state index contributed by atoms with van der Waals surface area (Å²) in [5.41, 5.74) is 0. The minimum absolute atomic E-state index is 0.0285. The summed E-state index contributed by atoms with van der Waals surface area (Å²) in [4.78, 5) is 14.3. The zero-order valence-corrected chi connectivity index (χ0v) is 13.9. The molecule has 5 nitrogen and oxygen atoms in total. The predicted octanol–water partition coefficient (Wildman–Crippen LogP) is 2.42. The maximum atomic E-state index is 12.3. The van der Waals surface area contributed by atoms with Gasteiger partial charge in [0, 0.05) is 25.6 Å². The van der Waals surface area contributed by atoms with E-state index < -0.39 is 0 Å². The van der Waals surface area contributed by atoms with Crippen molar-refractivity contribution in [1.82, 2.24) is 19.7 Å². The van der Waals surface area contributed by atoms with E-state index in [0.717, 1.165) is 38.3 Å². The van der Waals surface area contributed by atoms with Gasteiger partial charge in [-0.1, -0.05) is 0 Å². The molecule has 0 saturated carbocycles. The Labute approximate surface area is 129 Å². The molecule has 1 aliphatic rings. The van der Waals surface area contributed by atoms with E-state index in [0.29, 0.717) is 4.77 Å². The Hall–Kier alpha value is -0.820. The highest BCUT2D eigenvalue weighted by atomic mass is 32.2. The molecule has 1 amide bonds. The van der Waals surface area contributed by atoms with Crippen molar-refractivity contribution in [2.24, 2.45) is 0 Å². The number of carbonyl (C=O) groups is 1. The van der Waals surface area contributed by atoms with Gasteiger partial charge in [-0.05, 0) is 45.2 Å².